The number of aromatic nitrogens is 2. The molecule has 114 valence electrons. The third-order valence-electron chi connectivity index (χ3n) is 3.42. The number of aryl methyl sites for hydroxylation is 2. The summed E-state index contributed by atoms with van der Waals surface area (Å²) in [4.78, 5) is 0. The molecule has 0 aliphatic rings. The maximum atomic E-state index is 6.33. The van der Waals surface area contributed by atoms with Crippen LogP contribution in [0, 0.1) is 0 Å². The molecular formula is C15H18BrCl2N3. The number of hydrogen-bond acceptors (Lipinski definition) is 2. The van der Waals surface area contributed by atoms with Crippen LogP contribution in [0.25, 0.3) is 0 Å². The largest absolute Gasteiger partial charge is 0.324 e. The number of nitrogens with two attached hydrogens (primary N) is 1. The molecule has 0 fully saturated rings. The molecule has 2 aromatic rings. The monoisotopic (exact) mass is 389 g/mol. The lowest BCUT2D eigenvalue weighted by Gasteiger charge is -2.14. The number of nitrogens with zero attached hydrogens (tertiary/aromatic N) is 2. The van der Waals surface area contributed by atoms with Gasteiger partial charge in [0.2, 0.25) is 0 Å². The molecule has 0 aliphatic carbocycles. The highest BCUT2D eigenvalue weighted by molar-refractivity contribution is 9.10. The van der Waals surface area contributed by atoms with Crippen molar-refractivity contribution in [2.45, 2.75) is 39.3 Å². The van der Waals surface area contributed by atoms with Gasteiger partial charge in [-0.1, -0.05) is 30.1 Å². The van der Waals surface area contributed by atoms with Gasteiger partial charge in [0, 0.05) is 29.1 Å². The number of hydrogen-bond donors (Lipinski definition) is 1. The van der Waals surface area contributed by atoms with Gasteiger partial charge < -0.3 is 5.73 Å². The summed E-state index contributed by atoms with van der Waals surface area (Å²) in [5, 5.41) is 5.79. The van der Waals surface area contributed by atoms with Crippen LogP contribution in [-0.4, -0.2) is 9.78 Å². The Balaban J connectivity index is 2.30. The molecule has 1 aromatic carbocycles. The van der Waals surface area contributed by atoms with E-state index in [1.54, 1.807) is 6.07 Å². The zero-order valence-corrected chi connectivity index (χ0v) is 15.1. The van der Waals surface area contributed by atoms with Crippen molar-refractivity contribution in [2.24, 2.45) is 5.73 Å². The van der Waals surface area contributed by atoms with E-state index in [0.29, 0.717) is 16.5 Å². The van der Waals surface area contributed by atoms with Crippen molar-refractivity contribution >= 4 is 39.1 Å². The van der Waals surface area contributed by atoms with Crippen LogP contribution >= 0.6 is 39.1 Å². The third kappa shape index (κ3) is 3.81. The first-order valence-corrected chi connectivity index (χ1v) is 8.46. The average Bonchev–Trinajstić information content (AvgIpc) is 2.74. The molecule has 2 rings (SSSR count). The van der Waals surface area contributed by atoms with Gasteiger partial charge >= 0.3 is 0 Å². The van der Waals surface area contributed by atoms with Crippen molar-refractivity contribution in [3.63, 3.8) is 0 Å². The lowest BCUT2D eigenvalue weighted by atomic mass is 10.0. The predicted octanol–water partition coefficient (Wildman–Crippen LogP) is 4.78. The maximum Gasteiger partial charge on any atom is 0.0766 e. The molecule has 3 nitrogen and oxygen atoms in total. The average molecular weight is 391 g/mol. The molecule has 0 radical (unpaired) electrons. The lowest BCUT2D eigenvalue weighted by Crippen LogP contribution is -2.16. The van der Waals surface area contributed by atoms with E-state index in [-0.39, 0.29) is 6.04 Å². The van der Waals surface area contributed by atoms with Gasteiger partial charge in [-0.05, 0) is 53.0 Å². The molecule has 0 spiro atoms. The Bertz CT molecular complexity index is 620. The highest BCUT2D eigenvalue weighted by Crippen LogP contribution is 2.28. The summed E-state index contributed by atoms with van der Waals surface area (Å²) >= 11 is 15.7. The zero-order chi connectivity index (χ0) is 15.6. The lowest BCUT2D eigenvalue weighted by molar-refractivity contribution is 0.584. The SMILES string of the molecule is CCc1nn(CC)c(CC(N)c2cc(Cl)cc(Cl)c2)c1Br. The minimum absolute atomic E-state index is 0.177. The molecule has 1 aromatic heterocycles. The Hall–Kier alpha value is -0.550. The van der Waals surface area contributed by atoms with E-state index in [4.69, 9.17) is 28.9 Å². The van der Waals surface area contributed by atoms with Crippen molar-refractivity contribution in [2.75, 3.05) is 0 Å². The molecule has 0 aliphatic heterocycles. The minimum Gasteiger partial charge on any atom is -0.324 e. The molecule has 1 unspecified atom stereocenters. The Morgan fingerprint density at radius 3 is 2.38 bits per heavy atom. The standard InChI is InChI=1S/C15H18BrCl2N3/c1-3-13-15(16)14(21(4-2)20-13)8-12(19)9-5-10(17)7-11(18)6-9/h5-7,12H,3-4,8,19H2,1-2H3. The third-order valence-corrected chi connectivity index (χ3v) is 4.77. The summed E-state index contributed by atoms with van der Waals surface area (Å²) < 4.78 is 3.05. The van der Waals surface area contributed by atoms with Crippen LogP contribution in [0.4, 0.5) is 0 Å². The summed E-state index contributed by atoms with van der Waals surface area (Å²) in [6.07, 6.45) is 1.57. The molecule has 21 heavy (non-hydrogen) atoms. The van der Waals surface area contributed by atoms with Gasteiger partial charge in [0.25, 0.3) is 0 Å². The number of halogens is 3. The van der Waals surface area contributed by atoms with Gasteiger partial charge in [0.15, 0.2) is 0 Å². The topological polar surface area (TPSA) is 43.8 Å². The number of rotatable bonds is 5. The molecular weight excluding hydrogens is 373 g/mol. The van der Waals surface area contributed by atoms with E-state index < -0.39 is 0 Å². The second kappa shape index (κ2) is 7.14. The first-order chi connectivity index (χ1) is 9.96. The van der Waals surface area contributed by atoms with Crippen molar-refractivity contribution in [1.82, 2.24) is 9.78 Å². The van der Waals surface area contributed by atoms with Gasteiger partial charge in [0.1, 0.15) is 0 Å². The highest BCUT2D eigenvalue weighted by atomic mass is 79.9. The Morgan fingerprint density at radius 1 is 1.24 bits per heavy atom. The molecule has 6 heteroatoms. The minimum atomic E-state index is -0.177. The predicted molar refractivity (Wildman–Crippen MR) is 92.1 cm³/mol. The van der Waals surface area contributed by atoms with Gasteiger partial charge in [-0.3, -0.25) is 4.68 Å². The quantitative estimate of drug-likeness (QED) is 0.798. The van der Waals surface area contributed by atoms with Crippen LogP contribution in [-0.2, 0) is 19.4 Å². The van der Waals surface area contributed by atoms with Crippen molar-refractivity contribution in [3.8, 4) is 0 Å². The van der Waals surface area contributed by atoms with Gasteiger partial charge in [-0.2, -0.15) is 5.10 Å². The smallest absolute Gasteiger partial charge is 0.0766 e. The molecule has 1 heterocycles. The first-order valence-electron chi connectivity index (χ1n) is 6.91. The zero-order valence-electron chi connectivity index (χ0n) is 12.0. The van der Waals surface area contributed by atoms with Crippen LogP contribution in [0.1, 0.15) is 36.8 Å². The second-order valence-corrected chi connectivity index (χ2v) is 6.56. The molecule has 0 saturated carbocycles. The van der Waals surface area contributed by atoms with E-state index in [1.807, 2.05) is 16.8 Å². The fraction of sp³-hybridized carbons (Fsp3) is 0.400. The van der Waals surface area contributed by atoms with Gasteiger partial charge in [-0.25, -0.2) is 0 Å². The van der Waals surface area contributed by atoms with E-state index in [9.17, 15) is 0 Å². The van der Waals surface area contributed by atoms with Crippen LogP contribution in [0.2, 0.25) is 10.0 Å². The van der Waals surface area contributed by atoms with E-state index in [0.717, 1.165) is 34.4 Å². The van der Waals surface area contributed by atoms with Gasteiger partial charge in [0.05, 0.1) is 15.9 Å². The summed E-state index contributed by atoms with van der Waals surface area (Å²) in [6, 6.07) is 5.25. The van der Waals surface area contributed by atoms with Crippen molar-refractivity contribution < 1.29 is 0 Å². The molecule has 0 amide bonds. The maximum absolute atomic E-state index is 6.33. The Morgan fingerprint density at radius 2 is 1.86 bits per heavy atom. The molecule has 1 atom stereocenters. The Labute approximate surface area is 143 Å². The summed E-state index contributed by atoms with van der Waals surface area (Å²) in [7, 11) is 0. The molecule has 0 bridgehead atoms. The molecule has 2 N–H and O–H groups in total. The van der Waals surface area contributed by atoms with E-state index in [1.165, 1.54) is 0 Å². The van der Waals surface area contributed by atoms with Crippen molar-refractivity contribution in [1.29, 1.82) is 0 Å². The number of benzene rings is 1. The summed E-state index contributed by atoms with van der Waals surface area (Å²) in [5.41, 5.74) is 9.43. The van der Waals surface area contributed by atoms with Crippen LogP contribution in [0.5, 0.6) is 0 Å². The normalized spacial score (nSPS) is 12.7. The summed E-state index contributed by atoms with van der Waals surface area (Å²) in [6.45, 7) is 4.98. The second-order valence-electron chi connectivity index (χ2n) is 4.89. The van der Waals surface area contributed by atoms with Crippen LogP contribution in [0.15, 0.2) is 22.7 Å². The fourth-order valence-corrected chi connectivity index (χ4v) is 3.60. The highest BCUT2D eigenvalue weighted by Gasteiger charge is 2.18. The van der Waals surface area contributed by atoms with E-state index in [2.05, 4.69) is 34.9 Å². The fourth-order valence-electron chi connectivity index (χ4n) is 2.33. The molecule has 0 saturated heterocycles. The van der Waals surface area contributed by atoms with E-state index >= 15 is 0 Å². The van der Waals surface area contributed by atoms with Crippen LogP contribution in [0.3, 0.4) is 0 Å². The van der Waals surface area contributed by atoms with Crippen molar-refractivity contribution in [3.05, 3.63) is 49.7 Å². The van der Waals surface area contributed by atoms with Crippen LogP contribution < -0.4 is 5.73 Å². The summed E-state index contributed by atoms with van der Waals surface area (Å²) in [5.74, 6) is 0. The first kappa shape index (κ1) is 16.8. The Kier molecular flexibility index (Phi) is 5.72. The van der Waals surface area contributed by atoms with Gasteiger partial charge in [-0.15, -0.1) is 0 Å².